The Morgan fingerprint density at radius 2 is 1.79 bits per heavy atom. The van der Waals surface area contributed by atoms with Gasteiger partial charge in [-0.25, -0.2) is 9.59 Å². The molecule has 2 aromatic carbocycles. The molecule has 1 aliphatic rings. The van der Waals surface area contributed by atoms with Crippen molar-refractivity contribution in [2.75, 3.05) is 14.2 Å². The average Bonchev–Trinajstić information content (AvgIpc) is 3.16. The lowest BCUT2D eigenvalue weighted by Gasteiger charge is -2.29. The summed E-state index contributed by atoms with van der Waals surface area (Å²) in [4.78, 5) is 28.3. The number of nitrogens with one attached hydrogen (secondary N) is 3. The molecule has 0 saturated carbocycles. The second-order valence-corrected chi connectivity index (χ2v) is 6.33. The van der Waals surface area contributed by atoms with Crippen LogP contribution in [0.25, 0.3) is 16.6 Å². The molecule has 1 atom stereocenters. The van der Waals surface area contributed by atoms with Gasteiger partial charge in [0, 0.05) is 22.7 Å². The fourth-order valence-electron chi connectivity index (χ4n) is 3.45. The Hall–Kier alpha value is -3.74. The van der Waals surface area contributed by atoms with Crippen molar-refractivity contribution < 1.29 is 19.1 Å². The van der Waals surface area contributed by atoms with Gasteiger partial charge in [-0.15, -0.1) is 0 Å². The highest BCUT2D eigenvalue weighted by Gasteiger charge is 2.35. The van der Waals surface area contributed by atoms with Gasteiger partial charge in [-0.05, 0) is 35.9 Å². The zero-order valence-electron chi connectivity index (χ0n) is 15.4. The number of benzene rings is 2. The summed E-state index contributed by atoms with van der Waals surface area (Å²) in [7, 11) is 2.90. The minimum absolute atomic E-state index is 0.331. The molecule has 7 heteroatoms. The van der Waals surface area contributed by atoms with Crippen molar-refractivity contribution >= 4 is 28.6 Å². The number of amides is 2. The van der Waals surface area contributed by atoms with Gasteiger partial charge < -0.3 is 25.1 Å². The lowest BCUT2D eigenvalue weighted by Crippen LogP contribution is -2.45. The molecule has 4 rings (SSSR count). The topological polar surface area (TPSA) is 92.4 Å². The van der Waals surface area contributed by atoms with E-state index in [9.17, 15) is 9.59 Å². The second-order valence-electron chi connectivity index (χ2n) is 6.33. The first-order chi connectivity index (χ1) is 13.6. The number of hydrogen-bond acceptors (Lipinski definition) is 4. The molecule has 1 aliphatic heterocycles. The molecule has 28 heavy (non-hydrogen) atoms. The smallest absolute Gasteiger partial charge is 0.338 e. The standard InChI is InChI=1S/C21H19N3O4/c1-27-13-9-7-12(8-10-13)18-17(20(25)28-2)19(24-21(26)23-18)15-11-22-16-6-4-3-5-14(15)16/h3-11,19,22H,1-2H3,(H2,23,24,26). The number of esters is 1. The molecule has 2 heterocycles. The van der Waals surface area contributed by atoms with Gasteiger partial charge in [-0.1, -0.05) is 18.2 Å². The van der Waals surface area contributed by atoms with Gasteiger partial charge in [0.15, 0.2) is 0 Å². The third-order valence-electron chi connectivity index (χ3n) is 4.79. The van der Waals surface area contributed by atoms with Gasteiger partial charge in [0.1, 0.15) is 5.75 Å². The SMILES string of the molecule is COC(=O)C1=C(c2ccc(OC)cc2)NC(=O)NC1c1c[nH]c2ccccc12. The number of aromatic nitrogens is 1. The molecule has 142 valence electrons. The number of ether oxygens (including phenoxy) is 2. The van der Waals surface area contributed by atoms with Crippen LogP contribution in [0.15, 0.2) is 60.3 Å². The first-order valence-corrected chi connectivity index (χ1v) is 8.73. The lowest BCUT2D eigenvalue weighted by molar-refractivity contribution is -0.136. The number of para-hydroxylation sites is 1. The van der Waals surface area contributed by atoms with Crippen LogP contribution in [0, 0.1) is 0 Å². The minimum Gasteiger partial charge on any atom is -0.497 e. The van der Waals surface area contributed by atoms with Gasteiger partial charge in [-0.3, -0.25) is 0 Å². The first-order valence-electron chi connectivity index (χ1n) is 8.73. The minimum atomic E-state index is -0.658. The van der Waals surface area contributed by atoms with E-state index < -0.39 is 18.0 Å². The van der Waals surface area contributed by atoms with E-state index in [-0.39, 0.29) is 0 Å². The maximum absolute atomic E-state index is 12.7. The van der Waals surface area contributed by atoms with E-state index >= 15 is 0 Å². The third-order valence-corrected chi connectivity index (χ3v) is 4.79. The Morgan fingerprint density at radius 1 is 1.04 bits per heavy atom. The van der Waals surface area contributed by atoms with Crippen LogP contribution in [0.3, 0.4) is 0 Å². The van der Waals surface area contributed by atoms with Crippen molar-refractivity contribution in [2.45, 2.75) is 6.04 Å². The largest absolute Gasteiger partial charge is 0.497 e. The van der Waals surface area contributed by atoms with Gasteiger partial charge >= 0.3 is 12.0 Å². The number of methoxy groups -OCH3 is 2. The van der Waals surface area contributed by atoms with E-state index in [1.165, 1.54) is 7.11 Å². The molecule has 3 N–H and O–H groups in total. The van der Waals surface area contributed by atoms with Crippen LogP contribution in [-0.4, -0.2) is 31.2 Å². The predicted octanol–water partition coefficient (Wildman–Crippen LogP) is 3.11. The van der Waals surface area contributed by atoms with Gasteiger partial charge in [-0.2, -0.15) is 0 Å². The summed E-state index contributed by atoms with van der Waals surface area (Å²) in [5, 5.41) is 6.52. The summed E-state index contributed by atoms with van der Waals surface area (Å²) in [6.07, 6.45) is 1.80. The zero-order chi connectivity index (χ0) is 19.7. The van der Waals surface area contributed by atoms with Gasteiger partial charge in [0.25, 0.3) is 0 Å². The number of aromatic amines is 1. The van der Waals surface area contributed by atoms with Crippen LogP contribution in [0.1, 0.15) is 17.2 Å². The molecular formula is C21H19N3O4. The van der Waals surface area contributed by atoms with Crippen LogP contribution in [0.5, 0.6) is 5.75 Å². The molecule has 0 spiro atoms. The molecule has 0 fully saturated rings. The second kappa shape index (κ2) is 7.11. The number of rotatable bonds is 4. The summed E-state index contributed by atoms with van der Waals surface area (Å²) in [5.74, 6) is 0.158. The van der Waals surface area contributed by atoms with E-state index in [0.717, 1.165) is 16.5 Å². The fraction of sp³-hybridized carbons (Fsp3) is 0.143. The summed E-state index contributed by atoms with van der Waals surface area (Å²) >= 11 is 0. The van der Waals surface area contributed by atoms with E-state index in [4.69, 9.17) is 9.47 Å². The van der Waals surface area contributed by atoms with Crippen molar-refractivity contribution in [1.82, 2.24) is 15.6 Å². The molecule has 0 saturated heterocycles. The van der Waals surface area contributed by atoms with Gasteiger partial charge in [0.2, 0.25) is 0 Å². The van der Waals surface area contributed by atoms with E-state index in [1.54, 1.807) is 37.6 Å². The molecule has 0 radical (unpaired) electrons. The Labute approximate surface area is 161 Å². The van der Waals surface area contributed by atoms with Crippen molar-refractivity contribution in [3.8, 4) is 5.75 Å². The number of fused-ring (bicyclic) bond motifs is 1. The summed E-state index contributed by atoms with van der Waals surface area (Å²) in [6.45, 7) is 0. The number of carbonyl (C=O) groups excluding carboxylic acids is 2. The quantitative estimate of drug-likeness (QED) is 0.609. The number of hydrogen-bond donors (Lipinski definition) is 3. The van der Waals surface area contributed by atoms with E-state index in [2.05, 4.69) is 15.6 Å². The monoisotopic (exact) mass is 377 g/mol. The number of H-pyrrole nitrogens is 1. The zero-order valence-corrected chi connectivity index (χ0v) is 15.4. The molecule has 2 amide bonds. The predicted molar refractivity (Wildman–Crippen MR) is 105 cm³/mol. The van der Waals surface area contributed by atoms with Crippen molar-refractivity contribution in [3.63, 3.8) is 0 Å². The highest BCUT2D eigenvalue weighted by molar-refractivity contribution is 6.05. The molecule has 0 aliphatic carbocycles. The molecule has 7 nitrogen and oxygen atoms in total. The Bertz CT molecular complexity index is 1080. The van der Waals surface area contributed by atoms with Crippen molar-refractivity contribution in [3.05, 3.63) is 71.4 Å². The Morgan fingerprint density at radius 3 is 2.50 bits per heavy atom. The van der Waals surface area contributed by atoms with E-state index in [1.807, 2.05) is 24.3 Å². The Balaban J connectivity index is 1.91. The molecule has 0 bridgehead atoms. The highest BCUT2D eigenvalue weighted by atomic mass is 16.5. The summed E-state index contributed by atoms with van der Waals surface area (Å²) in [6, 6.07) is 13.8. The third kappa shape index (κ3) is 2.96. The maximum Gasteiger partial charge on any atom is 0.338 e. The van der Waals surface area contributed by atoms with Crippen molar-refractivity contribution in [1.29, 1.82) is 0 Å². The number of carbonyl (C=O) groups is 2. The van der Waals surface area contributed by atoms with Crippen LogP contribution in [-0.2, 0) is 9.53 Å². The van der Waals surface area contributed by atoms with Crippen LogP contribution in [0.2, 0.25) is 0 Å². The molecule has 1 unspecified atom stereocenters. The molecule has 1 aromatic heterocycles. The highest BCUT2D eigenvalue weighted by Crippen LogP contribution is 2.35. The van der Waals surface area contributed by atoms with Crippen molar-refractivity contribution in [2.24, 2.45) is 0 Å². The van der Waals surface area contributed by atoms with E-state index in [0.29, 0.717) is 22.6 Å². The normalized spacial score (nSPS) is 16.5. The molecule has 3 aromatic rings. The average molecular weight is 377 g/mol. The van der Waals surface area contributed by atoms with Crippen LogP contribution < -0.4 is 15.4 Å². The lowest BCUT2D eigenvalue weighted by atomic mass is 9.92. The molecular weight excluding hydrogens is 358 g/mol. The van der Waals surface area contributed by atoms with Crippen LogP contribution in [0.4, 0.5) is 4.79 Å². The van der Waals surface area contributed by atoms with Gasteiger partial charge in [0.05, 0.1) is 31.5 Å². The Kier molecular flexibility index (Phi) is 4.49. The summed E-state index contributed by atoms with van der Waals surface area (Å²) in [5.41, 5.74) is 3.13. The maximum atomic E-state index is 12.7. The fourth-order valence-corrected chi connectivity index (χ4v) is 3.45. The number of urea groups is 1. The first kappa shape index (κ1) is 17.7. The van der Waals surface area contributed by atoms with Crippen LogP contribution >= 0.6 is 0 Å². The summed E-state index contributed by atoms with van der Waals surface area (Å²) < 4.78 is 10.2.